The molecule has 7 heteroatoms. The van der Waals surface area contributed by atoms with Crippen molar-refractivity contribution in [3.8, 4) is 5.69 Å². The van der Waals surface area contributed by atoms with Crippen LogP contribution >= 0.6 is 0 Å². The number of benzene rings is 1. The van der Waals surface area contributed by atoms with E-state index in [2.05, 4.69) is 10.3 Å². The van der Waals surface area contributed by atoms with Gasteiger partial charge in [-0.15, -0.1) is 0 Å². The van der Waals surface area contributed by atoms with Gasteiger partial charge in [0.2, 0.25) is 5.91 Å². The van der Waals surface area contributed by atoms with Crippen molar-refractivity contribution in [3.63, 3.8) is 0 Å². The smallest absolute Gasteiger partial charge is 0.410 e. The average Bonchev–Trinajstić information content (AvgIpc) is 3.21. The summed E-state index contributed by atoms with van der Waals surface area (Å²) in [4.78, 5) is 30.8. The van der Waals surface area contributed by atoms with Gasteiger partial charge in [-0.2, -0.15) is 0 Å². The Bertz CT molecular complexity index is 825. The summed E-state index contributed by atoms with van der Waals surface area (Å²) >= 11 is 0. The number of hydrogen-bond acceptors (Lipinski definition) is 4. The SMILES string of the molecule is C[C@@H](NC(=O)[C@H]1CCCN(C(=O)OC(C)(C)C)C1)c1ccc(-n2ccnc2)cc1. The topological polar surface area (TPSA) is 76.5 Å². The van der Waals surface area contributed by atoms with Crippen molar-refractivity contribution < 1.29 is 14.3 Å². The number of nitrogens with one attached hydrogen (secondary N) is 1. The number of carbonyl (C=O) groups is 2. The third kappa shape index (κ3) is 5.59. The Balaban J connectivity index is 1.57. The zero-order valence-electron chi connectivity index (χ0n) is 17.6. The van der Waals surface area contributed by atoms with E-state index in [4.69, 9.17) is 4.74 Å². The summed E-state index contributed by atoms with van der Waals surface area (Å²) in [5, 5.41) is 3.09. The number of nitrogens with zero attached hydrogens (tertiary/aromatic N) is 3. The van der Waals surface area contributed by atoms with Crippen LogP contribution in [0, 0.1) is 5.92 Å². The summed E-state index contributed by atoms with van der Waals surface area (Å²) < 4.78 is 7.38. The van der Waals surface area contributed by atoms with Crippen LogP contribution in [0.15, 0.2) is 43.0 Å². The minimum absolute atomic E-state index is 0.0237. The molecule has 0 bridgehead atoms. The van der Waals surface area contributed by atoms with Gasteiger partial charge < -0.3 is 19.5 Å². The molecule has 0 saturated carbocycles. The number of hydrogen-bond donors (Lipinski definition) is 1. The Morgan fingerprint density at radius 3 is 2.59 bits per heavy atom. The van der Waals surface area contributed by atoms with Gasteiger partial charge in [0.05, 0.1) is 18.3 Å². The van der Waals surface area contributed by atoms with Gasteiger partial charge in [0, 0.05) is 31.2 Å². The van der Waals surface area contributed by atoms with Gasteiger partial charge in [-0.05, 0) is 58.2 Å². The van der Waals surface area contributed by atoms with E-state index >= 15 is 0 Å². The minimum Gasteiger partial charge on any atom is -0.444 e. The second-order valence-electron chi connectivity index (χ2n) is 8.56. The Hall–Kier alpha value is -2.83. The molecule has 0 aliphatic carbocycles. The standard InChI is InChI=1S/C22H30N4O3/c1-16(17-7-9-19(10-8-17)26-13-11-23-15-26)24-20(27)18-6-5-12-25(14-18)21(28)29-22(2,3)4/h7-11,13,15-16,18H,5-6,12,14H2,1-4H3,(H,24,27)/t16-,18+/m1/s1. The summed E-state index contributed by atoms with van der Waals surface area (Å²) in [6, 6.07) is 7.91. The molecule has 29 heavy (non-hydrogen) atoms. The van der Waals surface area contributed by atoms with Crippen LogP contribution in [0.25, 0.3) is 5.69 Å². The molecule has 0 unspecified atom stereocenters. The van der Waals surface area contributed by atoms with Crippen LogP contribution < -0.4 is 5.32 Å². The first kappa shape index (κ1) is 20.9. The largest absolute Gasteiger partial charge is 0.444 e. The predicted molar refractivity (Wildman–Crippen MR) is 111 cm³/mol. The van der Waals surface area contributed by atoms with Gasteiger partial charge in [-0.1, -0.05) is 12.1 Å². The van der Waals surface area contributed by atoms with Crippen LogP contribution in [-0.4, -0.2) is 45.1 Å². The number of aromatic nitrogens is 2. The number of carbonyl (C=O) groups excluding carboxylic acids is 2. The lowest BCUT2D eigenvalue weighted by Crippen LogP contribution is -2.47. The normalized spacial score (nSPS) is 18.2. The van der Waals surface area contributed by atoms with Gasteiger partial charge in [0.25, 0.3) is 0 Å². The van der Waals surface area contributed by atoms with Gasteiger partial charge in [0.15, 0.2) is 0 Å². The van der Waals surface area contributed by atoms with Crippen LogP contribution in [0.2, 0.25) is 0 Å². The van der Waals surface area contributed by atoms with Crippen LogP contribution in [-0.2, 0) is 9.53 Å². The van der Waals surface area contributed by atoms with E-state index in [0.717, 1.165) is 24.1 Å². The van der Waals surface area contributed by atoms with E-state index in [9.17, 15) is 9.59 Å². The molecule has 7 nitrogen and oxygen atoms in total. The lowest BCUT2D eigenvalue weighted by Gasteiger charge is -2.34. The van der Waals surface area contributed by atoms with Gasteiger partial charge in [0.1, 0.15) is 5.60 Å². The summed E-state index contributed by atoms with van der Waals surface area (Å²) in [6.45, 7) is 8.53. The molecule has 2 amide bonds. The quantitative estimate of drug-likeness (QED) is 0.852. The molecule has 1 fully saturated rings. The molecule has 1 aromatic carbocycles. The highest BCUT2D eigenvalue weighted by molar-refractivity contribution is 5.80. The molecular formula is C22H30N4O3. The van der Waals surface area contributed by atoms with Gasteiger partial charge in [-0.3, -0.25) is 4.79 Å². The Labute approximate surface area is 172 Å². The van der Waals surface area contributed by atoms with E-state index in [1.54, 1.807) is 17.4 Å². The molecule has 1 aliphatic rings. The highest BCUT2D eigenvalue weighted by Crippen LogP contribution is 2.21. The van der Waals surface area contributed by atoms with E-state index < -0.39 is 5.60 Å². The first-order chi connectivity index (χ1) is 13.7. The predicted octanol–water partition coefficient (Wildman–Crippen LogP) is 3.70. The monoisotopic (exact) mass is 398 g/mol. The molecule has 1 aliphatic heterocycles. The number of piperidine rings is 1. The zero-order chi connectivity index (χ0) is 21.0. The molecule has 1 N–H and O–H groups in total. The first-order valence-electron chi connectivity index (χ1n) is 10.1. The maximum absolute atomic E-state index is 12.8. The van der Waals surface area contributed by atoms with Crippen LogP contribution in [0.5, 0.6) is 0 Å². The lowest BCUT2D eigenvalue weighted by atomic mass is 9.96. The molecule has 2 heterocycles. The molecule has 0 spiro atoms. The minimum atomic E-state index is -0.538. The summed E-state index contributed by atoms with van der Waals surface area (Å²) in [5.41, 5.74) is 1.51. The van der Waals surface area contributed by atoms with Crippen LogP contribution in [0.4, 0.5) is 4.79 Å². The molecule has 3 rings (SSSR count). The zero-order valence-corrected chi connectivity index (χ0v) is 17.6. The fourth-order valence-corrected chi connectivity index (χ4v) is 3.45. The number of likely N-dealkylation sites (tertiary alicyclic amines) is 1. The highest BCUT2D eigenvalue weighted by Gasteiger charge is 2.31. The van der Waals surface area contributed by atoms with Crippen molar-refractivity contribution in [1.82, 2.24) is 19.8 Å². The van der Waals surface area contributed by atoms with Crippen molar-refractivity contribution in [1.29, 1.82) is 0 Å². The molecule has 1 aromatic heterocycles. The maximum atomic E-state index is 12.8. The molecule has 2 atom stereocenters. The van der Waals surface area contributed by atoms with Gasteiger partial charge >= 0.3 is 6.09 Å². The third-order valence-electron chi connectivity index (χ3n) is 5.00. The second-order valence-corrected chi connectivity index (χ2v) is 8.56. The third-order valence-corrected chi connectivity index (χ3v) is 5.00. The molecular weight excluding hydrogens is 368 g/mol. The highest BCUT2D eigenvalue weighted by atomic mass is 16.6. The average molecular weight is 399 g/mol. The van der Waals surface area contributed by atoms with E-state index in [1.807, 2.05) is 62.7 Å². The van der Waals surface area contributed by atoms with Crippen molar-refractivity contribution in [3.05, 3.63) is 48.5 Å². The van der Waals surface area contributed by atoms with E-state index in [1.165, 1.54) is 0 Å². The molecule has 1 saturated heterocycles. The molecule has 0 radical (unpaired) electrons. The number of imidazole rings is 1. The van der Waals surface area contributed by atoms with Crippen molar-refractivity contribution in [2.75, 3.05) is 13.1 Å². The second kappa shape index (κ2) is 8.68. The fourth-order valence-electron chi connectivity index (χ4n) is 3.45. The summed E-state index contributed by atoms with van der Waals surface area (Å²) in [5.74, 6) is -0.242. The number of amides is 2. The number of ether oxygens (including phenoxy) is 1. The van der Waals surface area contributed by atoms with Crippen LogP contribution in [0.1, 0.15) is 52.1 Å². The maximum Gasteiger partial charge on any atom is 0.410 e. The molecule has 156 valence electrons. The van der Waals surface area contributed by atoms with Crippen LogP contribution in [0.3, 0.4) is 0 Å². The van der Waals surface area contributed by atoms with Crippen molar-refractivity contribution >= 4 is 12.0 Å². The fraction of sp³-hybridized carbons (Fsp3) is 0.500. The summed E-state index contributed by atoms with van der Waals surface area (Å²) in [7, 11) is 0. The summed E-state index contributed by atoms with van der Waals surface area (Å²) in [6.07, 6.45) is 6.60. The Morgan fingerprint density at radius 2 is 1.97 bits per heavy atom. The van der Waals surface area contributed by atoms with E-state index in [-0.39, 0.29) is 24.0 Å². The Morgan fingerprint density at radius 1 is 1.24 bits per heavy atom. The Kier molecular flexibility index (Phi) is 6.25. The number of rotatable bonds is 4. The van der Waals surface area contributed by atoms with Crippen molar-refractivity contribution in [2.24, 2.45) is 5.92 Å². The van der Waals surface area contributed by atoms with Gasteiger partial charge in [-0.25, -0.2) is 9.78 Å². The molecule has 2 aromatic rings. The van der Waals surface area contributed by atoms with E-state index in [0.29, 0.717) is 13.1 Å². The lowest BCUT2D eigenvalue weighted by molar-refractivity contribution is -0.127. The van der Waals surface area contributed by atoms with Crippen molar-refractivity contribution in [2.45, 2.75) is 52.2 Å². The first-order valence-corrected chi connectivity index (χ1v) is 10.1.